The van der Waals surface area contributed by atoms with Crippen LogP contribution in [0.25, 0.3) is 120 Å². The van der Waals surface area contributed by atoms with E-state index in [4.69, 9.17) is 4.42 Å². The minimum Gasteiger partial charge on any atom is -0.456 e. The van der Waals surface area contributed by atoms with E-state index in [1.54, 1.807) is 0 Å². The minimum atomic E-state index is -0.729. The number of fused-ring (bicyclic) bond motifs is 18. The molecule has 3 nitrogen and oxygen atoms in total. The van der Waals surface area contributed by atoms with E-state index in [0.717, 1.165) is 67.2 Å². The van der Waals surface area contributed by atoms with Gasteiger partial charge in [-0.15, -0.1) is 11.3 Å². The highest BCUT2D eigenvalue weighted by Crippen LogP contribution is 2.63. The van der Waals surface area contributed by atoms with Crippen molar-refractivity contribution in [2.24, 2.45) is 0 Å². The Balaban J connectivity index is 0.647. The number of benzene rings is 18. The molecular formula is C116H80N2OS. The van der Waals surface area contributed by atoms with Gasteiger partial charge in [0.15, 0.2) is 0 Å². The average molecular weight is 1550 g/mol. The molecule has 24 rings (SSSR count). The summed E-state index contributed by atoms with van der Waals surface area (Å²) in [5.41, 5.74) is 38.7. The number of thiophene rings is 1. The van der Waals surface area contributed by atoms with Crippen molar-refractivity contribution in [1.82, 2.24) is 0 Å². The first-order valence-electron chi connectivity index (χ1n) is 41.9. The molecule has 566 valence electrons. The lowest BCUT2D eigenvalue weighted by Gasteiger charge is -2.35. The average Bonchev–Trinajstić information content (AvgIpc) is 1.54. The molecule has 0 saturated heterocycles. The van der Waals surface area contributed by atoms with Crippen LogP contribution in [0.1, 0.15) is 94.5 Å². The van der Waals surface area contributed by atoms with Crippen LogP contribution in [0.15, 0.2) is 417 Å². The molecule has 1 unspecified atom stereocenters. The molecule has 4 aliphatic rings. The second kappa shape index (κ2) is 26.5. The molecule has 0 bridgehead atoms. The van der Waals surface area contributed by atoms with Gasteiger partial charge in [-0.05, 0) is 218 Å². The zero-order valence-electron chi connectivity index (χ0n) is 67.0. The molecule has 0 amide bonds. The van der Waals surface area contributed by atoms with Gasteiger partial charge in [0.2, 0.25) is 0 Å². The van der Waals surface area contributed by atoms with Crippen molar-refractivity contribution in [2.45, 2.75) is 49.4 Å². The second-order valence-electron chi connectivity index (χ2n) is 34.0. The highest BCUT2D eigenvalue weighted by Gasteiger charge is 2.49. The van der Waals surface area contributed by atoms with E-state index in [1.165, 1.54) is 154 Å². The van der Waals surface area contributed by atoms with Crippen LogP contribution < -0.4 is 9.80 Å². The second-order valence-corrected chi connectivity index (χ2v) is 35.1. The fourth-order valence-electron chi connectivity index (χ4n) is 22.2. The SMILES string of the molecule is CC1(C)c2ccc(-c3ccc(C4(c5ccccc5)c5ccccc5-c5ccc(N(c6ccccc6-c6cccc7c6C(C)(C)c6ccccc6-7)c6cccc7oc8ccccc8c67)cc54)cc3)cc2-c2cccc(-c3ccccc3N(c3ccc4c(c3)C(c3ccccc3)(c3ccccc3)c3ccccc3-4)c3ccc4sc5ccccc5c4c3)c21. The highest BCUT2D eigenvalue weighted by atomic mass is 32.1. The fraction of sp³-hybridized carbons (Fsp3) is 0.0690. The molecule has 2 heterocycles. The molecule has 0 spiro atoms. The molecule has 1 atom stereocenters. The molecule has 120 heavy (non-hydrogen) atoms. The summed E-state index contributed by atoms with van der Waals surface area (Å²) in [6.07, 6.45) is 0. The number of nitrogens with zero attached hydrogens (tertiary/aromatic N) is 2. The lowest BCUT2D eigenvalue weighted by Crippen LogP contribution is -2.28. The zero-order chi connectivity index (χ0) is 79.7. The maximum absolute atomic E-state index is 6.79. The van der Waals surface area contributed by atoms with Gasteiger partial charge in [0.25, 0.3) is 0 Å². The maximum atomic E-state index is 6.79. The first kappa shape index (κ1) is 69.8. The summed E-state index contributed by atoms with van der Waals surface area (Å²) in [7, 11) is 0. The first-order valence-corrected chi connectivity index (χ1v) is 42.8. The lowest BCUT2D eigenvalue weighted by atomic mass is 9.67. The Morgan fingerprint density at radius 2 is 0.608 bits per heavy atom. The largest absolute Gasteiger partial charge is 0.456 e. The minimum absolute atomic E-state index is 0.252. The van der Waals surface area contributed by atoms with Gasteiger partial charge in [-0.1, -0.05) is 355 Å². The number of hydrogen-bond donors (Lipinski definition) is 0. The third-order valence-electron chi connectivity index (χ3n) is 27.2. The molecule has 0 N–H and O–H groups in total. The Morgan fingerprint density at radius 3 is 1.20 bits per heavy atom. The van der Waals surface area contributed by atoms with E-state index in [9.17, 15) is 0 Å². The molecule has 0 radical (unpaired) electrons. The van der Waals surface area contributed by atoms with Crippen molar-refractivity contribution in [1.29, 1.82) is 0 Å². The molecule has 0 saturated carbocycles. The summed E-state index contributed by atoms with van der Waals surface area (Å²) < 4.78 is 9.35. The Kier molecular flexibility index (Phi) is 15.5. The van der Waals surface area contributed by atoms with E-state index >= 15 is 0 Å². The summed E-state index contributed by atoms with van der Waals surface area (Å²) in [5.74, 6) is 0. The van der Waals surface area contributed by atoms with Crippen molar-refractivity contribution < 1.29 is 4.42 Å². The Morgan fingerprint density at radius 1 is 0.225 bits per heavy atom. The summed E-state index contributed by atoms with van der Waals surface area (Å²) in [5, 5.41) is 4.67. The van der Waals surface area contributed by atoms with Crippen LogP contribution in [0.3, 0.4) is 0 Å². The third-order valence-corrected chi connectivity index (χ3v) is 28.4. The van der Waals surface area contributed by atoms with E-state index in [0.29, 0.717) is 0 Å². The van der Waals surface area contributed by atoms with Gasteiger partial charge in [-0.2, -0.15) is 0 Å². The molecule has 0 fully saturated rings. The van der Waals surface area contributed by atoms with Crippen LogP contribution in [0.2, 0.25) is 0 Å². The number of hydrogen-bond acceptors (Lipinski definition) is 4. The fourth-order valence-corrected chi connectivity index (χ4v) is 23.3. The topological polar surface area (TPSA) is 19.6 Å². The van der Waals surface area contributed by atoms with Crippen LogP contribution >= 0.6 is 11.3 Å². The Bertz CT molecular complexity index is 7570. The van der Waals surface area contributed by atoms with Gasteiger partial charge in [-0.3, -0.25) is 0 Å². The predicted octanol–water partition coefficient (Wildman–Crippen LogP) is 31.2. The molecule has 4 heteroatoms. The van der Waals surface area contributed by atoms with Crippen molar-refractivity contribution in [2.75, 3.05) is 9.80 Å². The zero-order valence-corrected chi connectivity index (χ0v) is 67.8. The van der Waals surface area contributed by atoms with Gasteiger partial charge in [0, 0.05) is 64.6 Å². The normalized spacial score (nSPS) is 15.1. The molecular weight excluding hydrogens is 1470 g/mol. The van der Waals surface area contributed by atoms with Crippen molar-refractivity contribution in [3.8, 4) is 77.9 Å². The maximum Gasteiger partial charge on any atom is 0.137 e. The summed E-state index contributed by atoms with van der Waals surface area (Å²) >= 11 is 1.86. The smallest absolute Gasteiger partial charge is 0.137 e. The molecule has 0 aliphatic heterocycles. The first-order chi connectivity index (χ1) is 59.0. The van der Waals surface area contributed by atoms with Crippen LogP contribution in [0.5, 0.6) is 0 Å². The van der Waals surface area contributed by atoms with Crippen molar-refractivity contribution in [3.63, 3.8) is 0 Å². The Labute approximate surface area is 703 Å². The van der Waals surface area contributed by atoms with Gasteiger partial charge in [0.1, 0.15) is 11.2 Å². The van der Waals surface area contributed by atoms with E-state index in [-0.39, 0.29) is 10.8 Å². The summed E-state index contributed by atoms with van der Waals surface area (Å²) in [6, 6.07) is 156. The van der Waals surface area contributed by atoms with Crippen LogP contribution in [-0.2, 0) is 21.7 Å². The lowest BCUT2D eigenvalue weighted by molar-refractivity contribution is 0.662. The monoisotopic (exact) mass is 1550 g/mol. The molecule has 20 aromatic rings. The summed E-state index contributed by atoms with van der Waals surface area (Å²) in [6.45, 7) is 9.67. The quantitative estimate of drug-likeness (QED) is 0.115. The summed E-state index contributed by atoms with van der Waals surface area (Å²) in [4.78, 5) is 5.09. The molecule has 4 aliphatic carbocycles. The van der Waals surface area contributed by atoms with E-state index in [1.807, 2.05) is 11.3 Å². The molecule has 18 aromatic carbocycles. The third kappa shape index (κ3) is 9.97. The van der Waals surface area contributed by atoms with Crippen LogP contribution in [0.4, 0.5) is 34.1 Å². The van der Waals surface area contributed by atoms with Gasteiger partial charge in [0.05, 0.1) is 33.3 Å². The van der Waals surface area contributed by atoms with Crippen molar-refractivity contribution >= 4 is 87.6 Å². The van der Waals surface area contributed by atoms with Crippen LogP contribution in [0, 0.1) is 0 Å². The molecule has 2 aromatic heterocycles. The number of furan rings is 1. The van der Waals surface area contributed by atoms with E-state index in [2.05, 4.69) is 450 Å². The van der Waals surface area contributed by atoms with Crippen molar-refractivity contribution in [3.05, 3.63) is 479 Å². The van der Waals surface area contributed by atoms with Gasteiger partial charge >= 0.3 is 0 Å². The number of anilines is 6. The van der Waals surface area contributed by atoms with E-state index < -0.39 is 10.8 Å². The van der Waals surface area contributed by atoms with Gasteiger partial charge in [-0.25, -0.2) is 0 Å². The Hall–Kier alpha value is -14.4. The van der Waals surface area contributed by atoms with Gasteiger partial charge < -0.3 is 14.2 Å². The highest BCUT2D eigenvalue weighted by molar-refractivity contribution is 7.25. The van der Waals surface area contributed by atoms with Crippen LogP contribution in [-0.4, -0.2) is 0 Å². The number of para-hydroxylation sites is 3. The standard InChI is InChI=1S/C116H80N2OS/c1-113(2)97-48-21-14-39-84(97)90-44-28-45-92(111(90)113)88-41-18-25-52-104(88)118(105-53-30-55-107-110(105)94-43-19-26-54-106(94)119-107)81-63-66-86-83-38-16-23-50-100(83)116(102(86)72-81,77-35-12-7-13-36-77)78-60-57-73(58-61-78)74-59-67-98-95(69-74)93-47-29-46-91(112(93)114(98,3)4)87-40-17-24-51-103(87)117(79-64-68-109-96(70-79)89-42-20-27-56-108(89)120-109)80-62-65-85-82-37-15-22-49-99(82)115(101(85)71-80,75-31-8-5-9-32-75)76-33-10-6-11-34-76/h5-72H,1-4H3. The number of rotatable bonds is 13. The predicted molar refractivity (Wildman–Crippen MR) is 502 cm³/mol.